The minimum absolute atomic E-state index is 0.881. The van der Waals surface area contributed by atoms with E-state index in [4.69, 9.17) is 4.42 Å². The SMILES string of the molecule is c1ccc(N(c2ccc3c(c2)oc2ccccc23)c2cccc3c2sc2cccc(N(c4ccccc4)c4ccccc4)c23)cc1. The summed E-state index contributed by atoms with van der Waals surface area (Å²) in [7, 11) is 0. The van der Waals surface area contributed by atoms with Gasteiger partial charge in [0.2, 0.25) is 0 Å². The van der Waals surface area contributed by atoms with E-state index in [-0.39, 0.29) is 0 Å². The van der Waals surface area contributed by atoms with E-state index in [1.807, 2.05) is 23.5 Å². The topological polar surface area (TPSA) is 19.6 Å². The van der Waals surface area contributed by atoms with Crippen LogP contribution in [0.3, 0.4) is 0 Å². The molecular formula is C42H28N2OS. The van der Waals surface area contributed by atoms with Crippen molar-refractivity contribution in [2.75, 3.05) is 9.80 Å². The van der Waals surface area contributed by atoms with Crippen LogP contribution in [-0.4, -0.2) is 0 Å². The van der Waals surface area contributed by atoms with Crippen LogP contribution in [0.1, 0.15) is 0 Å². The summed E-state index contributed by atoms with van der Waals surface area (Å²) in [5, 5.41) is 4.74. The van der Waals surface area contributed by atoms with E-state index in [0.29, 0.717) is 0 Å². The molecule has 0 aliphatic rings. The lowest BCUT2D eigenvalue weighted by Gasteiger charge is -2.27. The second-order valence-electron chi connectivity index (χ2n) is 11.4. The predicted molar refractivity (Wildman–Crippen MR) is 196 cm³/mol. The van der Waals surface area contributed by atoms with Crippen molar-refractivity contribution in [3.63, 3.8) is 0 Å². The van der Waals surface area contributed by atoms with Gasteiger partial charge in [-0.25, -0.2) is 0 Å². The molecule has 0 fully saturated rings. The fraction of sp³-hybridized carbons (Fsp3) is 0. The molecular weight excluding hydrogens is 581 g/mol. The van der Waals surface area contributed by atoms with Gasteiger partial charge in [0.05, 0.1) is 16.1 Å². The summed E-state index contributed by atoms with van der Waals surface area (Å²) >= 11 is 1.84. The number of benzene rings is 7. The molecule has 0 aliphatic carbocycles. The second kappa shape index (κ2) is 11.0. The zero-order chi connectivity index (χ0) is 30.5. The molecule has 46 heavy (non-hydrogen) atoms. The van der Waals surface area contributed by atoms with Gasteiger partial charge in [-0.1, -0.05) is 91.0 Å². The molecule has 2 heterocycles. The molecule has 0 saturated carbocycles. The number of para-hydroxylation sites is 4. The lowest BCUT2D eigenvalue weighted by atomic mass is 10.1. The van der Waals surface area contributed by atoms with Crippen molar-refractivity contribution in [2.24, 2.45) is 0 Å². The molecule has 0 atom stereocenters. The van der Waals surface area contributed by atoms with Crippen LogP contribution in [0, 0.1) is 0 Å². The molecule has 0 spiro atoms. The summed E-state index contributed by atoms with van der Waals surface area (Å²) in [6.45, 7) is 0. The summed E-state index contributed by atoms with van der Waals surface area (Å²) < 4.78 is 8.83. The van der Waals surface area contributed by atoms with Crippen molar-refractivity contribution in [3.05, 3.63) is 170 Å². The number of fused-ring (bicyclic) bond motifs is 6. The number of hydrogen-bond acceptors (Lipinski definition) is 4. The van der Waals surface area contributed by atoms with E-state index < -0.39 is 0 Å². The van der Waals surface area contributed by atoms with Crippen molar-refractivity contribution in [3.8, 4) is 0 Å². The Balaban J connectivity index is 1.28. The molecule has 9 rings (SSSR count). The van der Waals surface area contributed by atoms with Gasteiger partial charge in [-0.05, 0) is 72.8 Å². The number of thiophene rings is 1. The lowest BCUT2D eigenvalue weighted by molar-refractivity contribution is 0.669. The van der Waals surface area contributed by atoms with E-state index in [1.165, 1.54) is 20.2 Å². The minimum Gasteiger partial charge on any atom is -0.456 e. The average Bonchev–Trinajstić information content (AvgIpc) is 3.69. The standard InChI is InChI=1S/C42H28N2OS/c1-4-14-29(15-5-1)43(30-16-6-2-7-17-30)36-22-13-25-40-41(36)35-21-12-23-37(42(35)46-40)44(31-18-8-3-9-19-31)32-26-27-34-33-20-10-11-24-38(33)45-39(34)28-32/h1-28H. The maximum absolute atomic E-state index is 6.35. The maximum Gasteiger partial charge on any atom is 0.137 e. The van der Waals surface area contributed by atoms with Gasteiger partial charge in [-0.15, -0.1) is 11.3 Å². The average molecular weight is 609 g/mol. The number of anilines is 6. The molecule has 4 heteroatoms. The van der Waals surface area contributed by atoms with Gasteiger partial charge in [0.25, 0.3) is 0 Å². The largest absolute Gasteiger partial charge is 0.456 e. The summed E-state index contributed by atoms with van der Waals surface area (Å²) in [4.78, 5) is 4.72. The van der Waals surface area contributed by atoms with Gasteiger partial charge in [-0.2, -0.15) is 0 Å². The van der Waals surface area contributed by atoms with Crippen molar-refractivity contribution < 1.29 is 4.42 Å². The Morgan fingerprint density at radius 2 is 0.935 bits per heavy atom. The highest BCUT2D eigenvalue weighted by Crippen LogP contribution is 2.49. The van der Waals surface area contributed by atoms with Gasteiger partial charge in [0.1, 0.15) is 11.2 Å². The first kappa shape index (κ1) is 26.6. The molecule has 0 unspecified atom stereocenters. The molecule has 0 bridgehead atoms. The van der Waals surface area contributed by atoms with Crippen molar-refractivity contribution in [2.45, 2.75) is 0 Å². The van der Waals surface area contributed by atoms with Gasteiger partial charge >= 0.3 is 0 Å². The van der Waals surface area contributed by atoms with Crippen molar-refractivity contribution >= 4 is 87.6 Å². The van der Waals surface area contributed by atoms with E-state index in [0.717, 1.165) is 56.1 Å². The zero-order valence-corrected chi connectivity index (χ0v) is 25.7. The molecule has 218 valence electrons. The number of nitrogens with zero attached hydrogens (tertiary/aromatic N) is 2. The first-order valence-electron chi connectivity index (χ1n) is 15.4. The molecule has 0 saturated heterocycles. The van der Waals surface area contributed by atoms with Gasteiger partial charge in [0, 0.05) is 55.1 Å². The minimum atomic E-state index is 0.881. The van der Waals surface area contributed by atoms with Crippen LogP contribution in [0.15, 0.2) is 174 Å². The molecule has 7 aromatic carbocycles. The van der Waals surface area contributed by atoms with Crippen LogP contribution in [0.2, 0.25) is 0 Å². The Morgan fingerprint density at radius 3 is 1.63 bits per heavy atom. The molecule has 0 aliphatic heterocycles. The van der Waals surface area contributed by atoms with Crippen LogP contribution >= 0.6 is 11.3 Å². The fourth-order valence-electron chi connectivity index (χ4n) is 6.62. The molecule has 0 N–H and O–H groups in total. The molecule has 3 nitrogen and oxygen atoms in total. The van der Waals surface area contributed by atoms with E-state index >= 15 is 0 Å². The van der Waals surface area contributed by atoms with Crippen LogP contribution < -0.4 is 9.80 Å². The van der Waals surface area contributed by atoms with E-state index in [9.17, 15) is 0 Å². The van der Waals surface area contributed by atoms with Gasteiger partial charge < -0.3 is 14.2 Å². The predicted octanol–water partition coefficient (Wildman–Crippen LogP) is 12.9. The Morgan fingerprint density at radius 1 is 0.391 bits per heavy atom. The van der Waals surface area contributed by atoms with Gasteiger partial charge in [-0.3, -0.25) is 0 Å². The molecule has 0 amide bonds. The summed E-state index contributed by atoms with van der Waals surface area (Å²) in [6, 6.07) is 60.0. The highest BCUT2D eigenvalue weighted by Gasteiger charge is 2.22. The summed E-state index contributed by atoms with van der Waals surface area (Å²) in [5.74, 6) is 0. The molecule has 2 aromatic heterocycles. The fourth-order valence-corrected chi connectivity index (χ4v) is 7.84. The monoisotopic (exact) mass is 608 g/mol. The Kier molecular flexibility index (Phi) is 6.32. The number of hydrogen-bond donors (Lipinski definition) is 0. The number of furan rings is 1. The third kappa shape index (κ3) is 4.34. The Labute approximate surface area is 270 Å². The Bertz CT molecular complexity index is 2440. The van der Waals surface area contributed by atoms with Crippen molar-refractivity contribution in [1.29, 1.82) is 0 Å². The van der Waals surface area contributed by atoms with Crippen LogP contribution in [0.25, 0.3) is 42.1 Å². The highest BCUT2D eigenvalue weighted by atomic mass is 32.1. The highest BCUT2D eigenvalue weighted by molar-refractivity contribution is 7.26. The lowest BCUT2D eigenvalue weighted by Crippen LogP contribution is -2.10. The van der Waals surface area contributed by atoms with Crippen molar-refractivity contribution in [1.82, 2.24) is 0 Å². The van der Waals surface area contributed by atoms with Gasteiger partial charge in [0.15, 0.2) is 0 Å². The third-order valence-corrected chi connectivity index (χ3v) is 9.82. The normalized spacial score (nSPS) is 11.5. The quantitative estimate of drug-likeness (QED) is 0.187. The van der Waals surface area contributed by atoms with Crippen LogP contribution in [0.4, 0.5) is 34.1 Å². The smallest absolute Gasteiger partial charge is 0.137 e. The Hall–Kier alpha value is -5.84. The second-order valence-corrected chi connectivity index (χ2v) is 12.4. The maximum atomic E-state index is 6.35. The number of rotatable bonds is 6. The first-order valence-corrected chi connectivity index (χ1v) is 16.3. The zero-order valence-electron chi connectivity index (χ0n) is 24.9. The molecule has 0 radical (unpaired) electrons. The first-order chi connectivity index (χ1) is 22.8. The third-order valence-electron chi connectivity index (χ3n) is 8.63. The summed E-state index contributed by atoms with van der Waals surface area (Å²) in [6.07, 6.45) is 0. The summed E-state index contributed by atoms with van der Waals surface area (Å²) in [5.41, 5.74) is 8.48. The molecule has 9 aromatic rings. The van der Waals surface area contributed by atoms with Crippen LogP contribution in [0.5, 0.6) is 0 Å². The van der Waals surface area contributed by atoms with E-state index in [1.54, 1.807) is 0 Å². The van der Waals surface area contributed by atoms with E-state index in [2.05, 4.69) is 168 Å². The van der Waals surface area contributed by atoms with Crippen LogP contribution in [-0.2, 0) is 0 Å².